The van der Waals surface area contributed by atoms with Crippen LogP contribution in [0.25, 0.3) is 0 Å². The van der Waals surface area contributed by atoms with E-state index >= 15 is 0 Å². The molecular formula is C11H10BrClO3. The number of rotatable bonds is 4. The lowest BCUT2D eigenvalue weighted by Gasteiger charge is -2.07. The maximum Gasteiger partial charge on any atom is 0.306 e. The van der Waals surface area contributed by atoms with E-state index in [-0.39, 0.29) is 12.2 Å². The fourth-order valence-corrected chi connectivity index (χ4v) is 1.77. The van der Waals surface area contributed by atoms with E-state index in [0.29, 0.717) is 10.6 Å². The zero-order valence-electron chi connectivity index (χ0n) is 8.54. The molecule has 1 N–H and O–H groups in total. The van der Waals surface area contributed by atoms with Crippen LogP contribution in [0.2, 0.25) is 5.02 Å². The lowest BCUT2D eigenvalue weighted by molar-refractivity contribution is -0.141. The first-order valence-electron chi connectivity index (χ1n) is 4.63. The number of hydrogen-bond donors (Lipinski definition) is 1. The number of aliphatic carboxylic acids is 1. The number of carboxylic acid groups (broad SMARTS) is 1. The van der Waals surface area contributed by atoms with Crippen LogP contribution in [0, 0.1) is 5.92 Å². The van der Waals surface area contributed by atoms with E-state index in [4.69, 9.17) is 16.7 Å². The van der Waals surface area contributed by atoms with Crippen LogP contribution < -0.4 is 0 Å². The molecule has 0 aliphatic rings. The Balaban J connectivity index is 2.88. The number of carboxylic acids is 1. The molecule has 0 aromatic heterocycles. The SMILES string of the molecule is CC(CC(=O)c1cc(Br)ccc1Cl)C(=O)O. The molecule has 5 heteroatoms. The van der Waals surface area contributed by atoms with Gasteiger partial charge in [-0.1, -0.05) is 34.5 Å². The minimum absolute atomic E-state index is 0.0501. The van der Waals surface area contributed by atoms with E-state index in [2.05, 4.69) is 15.9 Å². The maximum absolute atomic E-state index is 11.8. The summed E-state index contributed by atoms with van der Waals surface area (Å²) in [7, 11) is 0. The fourth-order valence-electron chi connectivity index (χ4n) is 1.19. The summed E-state index contributed by atoms with van der Waals surface area (Å²) < 4.78 is 0.739. The van der Waals surface area contributed by atoms with E-state index in [1.807, 2.05) is 0 Å². The summed E-state index contributed by atoms with van der Waals surface area (Å²) in [5.41, 5.74) is 0.351. The monoisotopic (exact) mass is 304 g/mol. The first kappa shape index (κ1) is 13.2. The van der Waals surface area contributed by atoms with Gasteiger partial charge in [0.15, 0.2) is 5.78 Å². The van der Waals surface area contributed by atoms with Crippen molar-refractivity contribution in [2.24, 2.45) is 5.92 Å². The molecule has 3 nitrogen and oxygen atoms in total. The second-order valence-corrected chi connectivity index (χ2v) is 4.81. The van der Waals surface area contributed by atoms with Gasteiger partial charge in [-0.3, -0.25) is 9.59 Å². The minimum atomic E-state index is -0.987. The van der Waals surface area contributed by atoms with Crippen LogP contribution in [-0.4, -0.2) is 16.9 Å². The molecular weight excluding hydrogens is 295 g/mol. The highest BCUT2D eigenvalue weighted by molar-refractivity contribution is 9.10. The molecule has 0 spiro atoms. The number of halogens is 2. The van der Waals surface area contributed by atoms with Gasteiger partial charge in [0, 0.05) is 16.5 Å². The predicted octanol–water partition coefficient (Wildman–Crippen LogP) is 3.40. The largest absolute Gasteiger partial charge is 0.481 e. The quantitative estimate of drug-likeness (QED) is 0.867. The van der Waals surface area contributed by atoms with Crippen molar-refractivity contribution in [2.45, 2.75) is 13.3 Å². The molecule has 1 aromatic carbocycles. The van der Waals surface area contributed by atoms with Gasteiger partial charge in [-0.15, -0.1) is 0 Å². The zero-order valence-corrected chi connectivity index (χ0v) is 10.9. The van der Waals surface area contributed by atoms with Gasteiger partial charge in [0.1, 0.15) is 0 Å². The highest BCUT2D eigenvalue weighted by atomic mass is 79.9. The number of hydrogen-bond acceptors (Lipinski definition) is 2. The smallest absolute Gasteiger partial charge is 0.306 e. The summed E-state index contributed by atoms with van der Waals surface area (Å²) >= 11 is 9.10. The molecule has 0 fully saturated rings. The van der Waals surface area contributed by atoms with Crippen LogP contribution in [0.3, 0.4) is 0 Å². The topological polar surface area (TPSA) is 54.4 Å². The van der Waals surface area contributed by atoms with Gasteiger partial charge in [-0.2, -0.15) is 0 Å². The summed E-state index contributed by atoms with van der Waals surface area (Å²) in [6.07, 6.45) is -0.0501. The number of Topliss-reactive ketones (excluding diaryl/α,β-unsaturated/α-hetero) is 1. The highest BCUT2D eigenvalue weighted by Crippen LogP contribution is 2.23. The molecule has 0 saturated carbocycles. The second-order valence-electron chi connectivity index (χ2n) is 3.49. The number of carbonyl (C=O) groups is 2. The average molecular weight is 306 g/mol. The number of ketones is 1. The van der Waals surface area contributed by atoms with E-state index < -0.39 is 11.9 Å². The van der Waals surface area contributed by atoms with E-state index in [1.165, 1.54) is 6.92 Å². The average Bonchev–Trinajstić information content (AvgIpc) is 2.21. The molecule has 0 heterocycles. The highest BCUT2D eigenvalue weighted by Gasteiger charge is 2.18. The third-order valence-electron chi connectivity index (χ3n) is 2.14. The molecule has 0 amide bonds. The Hall–Kier alpha value is -0.870. The van der Waals surface area contributed by atoms with E-state index in [9.17, 15) is 9.59 Å². The Morgan fingerprint density at radius 2 is 2.12 bits per heavy atom. The molecule has 1 aromatic rings. The van der Waals surface area contributed by atoms with Crippen molar-refractivity contribution in [1.82, 2.24) is 0 Å². The molecule has 1 unspecified atom stereocenters. The summed E-state index contributed by atoms with van der Waals surface area (Å²) in [6, 6.07) is 4.92. The molecule has 86 valence electrons. The van der Waals surface area contributed by atoms with Crippen molar-refractivity contribution in [3.63, 3.8) is 0 Å². The van der Waals surface area contributed by atoms with Gasteiger partial charge in [0.25, 0.3) is 0 Å². The van der Waals surface area contributed by atoms with Crippen LogP contribution in [0.5, 0.6) is 0 Å². The molecule has 0 saturated heterocycles. The summed E-state index contributed by atoms with van der Waals surface area (Å²) in [5, 5.41) is 9.05. The van der Waals surface area contributed by atoms with Crippen LogP contribution in [0.15, 0.2) is 22.7 Å². The first-order chi connectivity index (χ1) is 7.41. The van der Waals surface area contributed by atoms with Crippen molar-refractivity contribution in [2.75, 3.05) is 0 Å². The molecule has 0 aliphatic carbocycles. The molecule has 0 aliphatic heterocycles. The summed E-state index contributed by atoms with van der Waals surface area (Å²) in [6.45, 7) is 1.49. The third-order valence-corrected chi connectivity index (χ3v) is 2.96. The van der Waals surface area contributed by atoms with Crippen LogP contribution >= 0.6 is 27.5 Å². The van der Waals surface area contributed by atoms with Crippen LogP contribution in [0.4, 0.5) is 0 Å². The lowest BCUT2D eigenvalue weighted by Crippen LogP contribution is -2.15. The maximum atomic E-state index is 11.8. The molecule has 16 heavy (non-hydrogen) atoms. The Kier molecular flexibility index (Phi) is 4.50. The Bertz CT molecular complexity index is 431. The van der Waals surface area contributed by atoms with Gasteiger partial charge >= 0.3 is 5.97 Å². The molecule has 1 rings (SSSR count). The molecule has 1 atom stereocenters. The number of carbonyl (C=O) groups excluding carboxylic acids is 1. The van der Waals surface area contributed by atoms with E-state index in [1.54, 1.807) is 18.2 Å². The van der Waals surface area contributed by atoms with Crippen molar-refractivity contribution in [1.29, 1.82) is 0 Å². The third kappa shape index (κ3) is 3.32. The lowest BCUT2D eigenvalue weighted by atomic mass is 10.00. The Morgan fingerprint density at radius 3 is 2.69 bits per heavy atom. The fraction of sp³-hybridized carbons (Fsp3) is 0.273. The summed E-state index contributed by atoms with van der Waals surface area (Å²) in [5.74, 6) is -1.96. The van der Waals surface area contributed by atoms with Crippen molar-refractivity contribution >= 4 is 39.3 Å². The minimum Gasteiger partial charge on any atom is -0.481 e. The Morgan fingerprint density at radius 1 is 1.50 bits per heavy atom. The van der Waals surface area contributed by atoms with Gasteiger partial charge in [-0.25, -0.2) is 0 Å². The summed E-state index contributed by atoms with van der Waals surface area (Å²) in [4.78, 5) is 22.4. The molecule has 0 radical (unpaired) electrons. The zero-order chi connectivity index (χ0) is 12.3. The predicted molar refractivity (Wildman–Crippen MR) is 64.9 cm³/mol. The molecule has 0 bridgehead atoms. The standard InChI is InChI=1S/C11H10BrClO3/c1-6(11(15)16)4-10(14)8-5-7(12)2-3-9(8)13/h2-3,5-6H,4H2,1H3,(H,15,16). The first-order valence-corrected chi connectivity index (χ1v) is 5.80. The van der Waals surface area contributed by atoms with Crippen molar-refractivity contribution in [3.05, 3.63) is 33.3 Å². The van der Waals surface area contributed by atoms with Gasteiger partial charge in [-0.05, 0) is 18.2 Å². The normalized spacial score (nSPS) is 12.2. The van der Waals surface area contributed by atoms with Crippen molar-refractivity contribution < 1.29 is 14.7 Å². The number of benzene rings is 1. The van der Waals surface area contributed by atoms with Gasteiger partial charge in [0.2, 0.25) is 0 Å². The van der Waals surface area contributed by atoms with Crippen LogP contribution in [0.1, 0.15) is 23.7 Å². The van der Waals surface area contributed by atoms with E-state index in [0.717, 1.165) is 4.47 Å². The van der Waals surface area contributed by atoms with Gasteiger partial charge in [0.05, 0.1) is 10.9 Å². The second kappa shape index (κ2) is 5.46. The van der Waals surface area contributed by atoms with Crippen molar-refractivity contribution in [3.8, 4) is 0 Å². The Labute approximate surface area is 107 Å². The van der Waals surface area contributed by atoms with Gasteiger partial charge < -0.3 is 5.11 Å². The van der Waals surface area contributed by atoms with Crippen LogP contribution in [-0.2, 0) is 4.79 Å².